The van der Waals surface area contributed by atoms with Crippen LogP contribution in [0.3, 0.4) is 0 Å². The molecule has 0 atom stereocenters. The zero-order valence-corrected chi connectivity index (χ0v) is 12.1. The number of carboxylic acid groups (broad SMARTS) is 1. The second-order valence-electron chi connectivity index (χ2n) is 4.49. The molecule has 0 spiro atoms. The first kappa shape index (κ1) is 14.6. The second kappa shape index (κ2) is 6.11. The van der Waals surface area contributed by atoms with Crippen molar-refractivity contribution in [1.82, 2.24) is 4.57 Å². The zero-order valence-electron chi connectivity index (χ0n) is 11.4. The molecule has 5 heteroatoms. The summed E-state index contributed by atoms with van der Waals surface area (Å²) in [5.41, 5.74) is 2.82. The number of carbonyl (C=O) groups is 1. The van der Waals surface area contributed by atoms with E-state index in [0.717, 1.165) is 17.0 Å². The fraction of sp³-hybridized carbons (Fsp3) is 0.267. The lowest BCUT2D eigenvalue weighted by Crippen LogP contribution is -2.08. The highest BCUT2D eigenvalue weighted by Gasteiger charge is 2.17. The Kier molecular flexibility index (Phi) is 4.47. The van der Waals surface area contributed by atoms with E-state index < -0.39 is 5.97 Å². The first-order chi connectivity index (χ1) is 9.54. The standard InChI is InChI=1S/C15H16ClNO3/c1-10-13(15(18)19)9-14(17(10)7-8-20-2)11-3-5-12(16)6-4-11/h3-6,9H,7-8H2,1-2H3,(H,18,19). The minimum Gasteiger partial charge on any atom is -0.478 e. The Hall–Kier alpha value is -1.78. The van der Waals surface area contributed by atoms with Crippen molar-refractivity contribution in [2.24, 2.45) is 0 Å². The van der Waals surface area contributed by atoms with Crippen molar-refractivity contribution in [2.45, 2.75) is 13.5 Å². The molecule has 2 rings (SSSR count). The average molecular weight is 294 g/mol. The van der Waals surface area contributed by atoms with Gasteiger partial charge in [-0.25, -0.2) is 4.79 Å². The summed E-state index contributed by atoms with van der Waals surface area (Å²) in [5.74, 6) is -0.922. The van der Waals surface area contributed by atoms with Gasteiger partial charge < -0.3 is 14.4 Å². The van der Waals surface area contributed by atoms with Gasteiger partial charge in [-0.05, 0) is 30.7 Å². The van der Waals surface area contributed by atoms with E-state index in [2.05, 4.69) is 0 Å². The normalized spacial score (nSPS) is 10.8. The highest BCUT2D eigenvalue weighted by atomic mass is 35.5. The maximum absolute atomic E-state index is 11.3. The molecular weight excluding hydrogens is 278 g/mol. The Labute approximate surface area is 122 Å². The van der Waals surface area contributed by atoms with Crippen molar-refractivity contribution in [2.75, 3.05) is 13.7 Å². The molecule has 0 bridgehead atoms. The van der Waals surface area contributed by atoms with E-state index in [1.165, 1.54) is 0 Å². The van der Waals surface area contributed by atoms with Crippen LogP contribution in [0.2, 0.25) is 5.02 Å². The van der Waals surface area contributed by atoms with Gasteiger partial charge in [0.05, 0.1) is 12.2 Å². The summed E-state index contributed by atoms with van der Waals surface area (Å²) in [5, 5.41) is 9.91. The first-order valence-corrected chi connectivity index (χ1v) is 6.60. The van der Waals surface area contributed by atoms with Gasteiger partial charge in [0.15, 0.2) is 0 Å². The molecule has 1 aromatic heterocycles. The number of halogens is 1. The molecule has 0 amide bonds. The minimum absolute atomic E-state index is 0.311. The SMILES string of the molecule is COCCn1c(-c2ccc(Cl)cc2)cc(C(=O)O)c1C. The summed E-state index contributed by atoms with van der Waals surface area (Å²) >= 11 is 5.89. The van der Waals surface area contributed by atoms with Gasteiger partial charge in [-0.15, -0.1) is 0 Å². The largest absolute Gasteiger partial charge is 0.478 e. The van der Waals surface area contributed by atoms with Gasteiger partial charge in [-0.1, -0.05) is 23.7 Å². The van der Waals surface area contributed by atoms with Crippen LogP contribution in [0.5, 0.6) is 0 Å². The van der Waals surface area contributed by atoms with Gasteiger partial charge in [0.2, 0.25) is 0 Å². The van der Waals surface area contributed by atoms with E-state index in [1.807, 2.05) is 16.7 Å². The summed E-state index contributed by atoms with van der Waals surface area (Å²) < 4.78 is 7.05. The lowest BCUT2D eigenvalue weighted by molar-refractivity contribution is 0.0696. The Balaban J connectivity index is 2.52. The Morgan fingerprint density at radius 1 is 1.35 bits per heavy atom. The fourth-order valence-electron chi connectivity index (χ4n) is 2.19. The van der Waals surface area contributed by atoms with Crippen LogP contribution in [-0.2, 0) is 11.3 Å². The molecule has 20 heavy (non-hydrogen) atoms. The van der Waals surface area contributed by atoms with E-state index in [9.17, 15) is 9.90 Å². The maximum Gasteiger partial charge on any atom is 0.337 e. The zero-order chi connectivity index (χ0) is 14.7. The van der Waals surface area contributed by atoms with Crippen LogP contribution >= 0.6 is 11.6 Å². The lowest BCUT2D eigenvalue weighted by atomic mass is 10.1. The number of aromatic carboxylic acids is 1. The van der Waals surface area contributed by atoms with Crippen molar-refractivity contribution in [3.8, 4) is 11.3 Å². The number of benzene rings is 1. The molecular formula is C15H16ClNO3. The molecule has 1 N–H and O–H groups in total. The molecule has 4 nitrogen and oxygen atoms in total. The first-order valence-electron chi connectivity index (χ1n) is 6.23. The molecule has 106 valence electrons. The van der Waals surface area contributed by atoms with Gasteiger partial charge in [-0.2, -0.15) is 0 Å². The summed E-state index contributed by atoms with van der Waals surface area (Å²) in [6.07, 6.45) is 0. The van der Waals surface area contributed by atoms with Crippen LogP contribution in [0.15, 0.2) is 30.3 Å². The number of carboxylic acids is 1. The van der Waals surface area contributed by atoms with Crippen LogP contribution in [0.1, 0.15) is 16.1 Å². The molecule has 0 aliphatic heterocycles. The molecule has 1 heterocycles. The summed E-state index contributed by atoms with van der Waals surface area (Å²) in [6.45, 7) is 2.93. The van der Waals surface area contributed by atoms with Gasteiger partial charge in [-0.3, -0.25) is 0 Å². The van der Waals surface area contributed by atoms with Gasteiger partial charge >= 0.3 is 5.97 Å². The Morgan fingerprint density at radius 2 is 2.00 bits per heavy atom. The fourth-order valence-corrected chi connectivity index (χ4v) is 2.32. The predicted molar refractivity (Wildman–Crippen MR) is 78.5 cm³/mol. The molecule has 0 aliphatic rings. The smallest absolute Gasteiger partial charge is 0.337 e. The number of ether oxygens (including phenoxy) is 1. The third kappa shape index (κ3) is 2.86. The van der Waals surface area contributed by atoms with Crippen molar-refractivity contribution in [3.63, 3.8) is 0 Å². The summed E-state index contributed by atoms with van der Waals surface area (Å²) in [6, 6.07) is 9.04. The molecule has 1 aromatic carbocycles. The van der Waals surface area contributed by atoms with E-state index in [-0.39, 0.29) is 0 Å². The molecule has 0 saturated carbocycles. The van der Waals surface area contributed by atoms with Crippen molar-refractivity contribution in [3.05, 3.63) is 46.6 Å². The molecule has 0 unspecified atom stereocenters. The number of hydrogen-bond acceptors (Lipinski definition) is 2. The molecule has 0 radical (unpaired) electrons. The highest BCUT2D eigenvalue weighted by Crippen LogP contribution is 2.27. The lowest BCUT2D eigenvalue weighted by Gasteiger charge is -2.11. The predicted octanol–water partition coefficient (Wildman–Crippen LogP) is 3.46. The Bertz CT molecular complexity index is 617. The van der Waals surface area contributed by atoms with E-state index in [1.54, 1.807) is 32.2 Å². The molecule has 0 aliphatic carbocycles. The summed E-state index contributed by atoms with van der Waals surface area (Å²) in [7, 11) is 1.62. The van der Waals surface area contributed by atoms with E-state index in [4.69, 9.17) is 16.3 Å². The molecule has 0 saturated heterocycles. The number of rotatable bonds is 5. The Morgan fingerprint density at radius 3 is 2.55 bits per heavy atom. The topological polar surface area (TPSA) is 51.5 Å². The van der Waals surface area contributed by atoms with E-state index in [0.29, 0.717) is 23.7 Å². The number of aromatic nitrogens is 1. The number of methoxy groups -OCH3 is 1. The van der Waals surface area contributed by atoms with Gasteiger partial charge in [0.25, 0.3) is 0 Å². The average Bonchev–Trinajstić information content (AvgIpc) is 2.75. The monoisotopic (exact) mass is 293 g/mol. The van der Waals surface area contributed by atoms with Crippen LogP contribution in [0, 0.1) is 6.92 Å². The van der Waals surface area contributed by atoms with Crippen LogP contribution in [-0.4, -0.2) is 29.4 Å². The number of hydrogen-bond donors (Lipinski definition) is 1. The van der Waals surface area contributed by atoms with Crippen LogP contribution in [0.4, 0.5) is 0 Å². The third-order valence-electron chi connectivity index (χ3n) is 3.26. The highest BCUT2D eigenvalue weighted by molar-refractivity contribution is 6.30. The number of nitrogens with zero attached hydrogens (tertiary/aromatic N) is 1. The molecule has 0 fully saturated rings. The maximum atomic E-state index is 11.3. The van der Waals surface area contributed by atoms with Crippen LogP contribution in [0.25, 0.3) is 11.3 Å². The van der Waals surface area contributed by atoms with Crippen molar-refractivity contribution >= 4 is 17.6 Å². The van der Waals surface area contributed by atoms with Crippen molar-refractivity contribution in [1.29, 1.82) is 0 Å². The van der Waals surface area contributed by atoms with Gasteiger partial charge in [0.1, 0.15) is 0 Å². The quantitative estimate of drug-likeness (QED) is 0.918. The van der Waals surface area contributed by atoms with E-state index >= 15 is 0 Å². The minimum atomic E-state index is -0.922. The summed E-state index contributed by atoms with van der Waals surface area (Å²) in [4.78, 5) is 11.3. The van der Waals surface area contributed by atoms with Crippen LogP contribution < -0.4 is 0 Å². The second-order valence-corrected chi connectivity index (χ2v) is 4.92. The third-order valence-corrected chi connectivity index (χ3v) is 3.51. The molecule has 2 aromatic rings. The van der Waals surface area contributed by atoms with Gasteiger partial charge in [0, 0.05) is 30.1 Å². The van der Waals surface area contributed by atoms with Crippen molar-refractivity contribution < 1.29 is 14.6 Å².